The summed E-state index contributed by atoms with van der Waals surface area (Å²) in [6.07, 6.45) is 2.74. The monoisotopic (exact) mass is 470 g/mol. The van der Waals surface area contributed by atoms with Gasteiger partial charge in [0.2, 0.25) is 10.0 Å². The summed E-state index contributed by atoms with van der Waals surface area (Å²) in [5.41, 5.74) is 0.366. The van der Waals surface area contributed by atoms with Crippen molar-refractivity contribution >= 4 is 50.8 Å². The van der Waals surface area contributed by atoms with Gasteiger partial charge in [-0.25, -0.2) is 13.2 Å². The zero-order valence-electron chi connectivity index (χ0n) is 15.9. The van der Waals surface area contributed by atoms with Crippen LogP contribution in [0.4, 0.5) is 5.69 Å². The van der Waals surface area contributed by atoms with E-state index in [1.54, 1.807) is 6.07 Å². The minimum absolute atomic E-state index is 0.0131. The van der Waals surface area contributed by atoms with Crippen molar-refractivity contribution in [2.75, 3.05) is 25.0 Å². The molecule has 1 fully saturated rings. The van der Waals surface area contributed by atoms with E-state index in [0.717, 1.165) is 19.3 Å². The third-order valence-electron chi connectivity index (χ3n) is 4.59. The molecule has 0 spiro atoms. The molecule has 1 amide bonds. The number of ether oxygens (including phenoxy) is 1. The lowest BCUT2D eigenvalue weighted by molar-refractivity contribution is -0.119. The molecule has 2 aromatic carbocycles. The molecule has 0 radical (unpaired) electrons. The molecule has 1 heterocycles. The molecule has 0 atom stereocenters. The van der Waals surface area contributed by atoms with Gasteiger partial charge in [0.1, 0.15) is 0 Å². The lowest BCUT2D eigenvalue weighted by Gasteiger charge is -2.25. The fraction of sp³-hybridized carbons (Fsp3) is 0.300. The third kappa shape index (κ3) is 5.31. The first-order valence-corrected chi connectivity index (χ1v) is 11.5. The quantitative estimate of drug-likeness (QED) is 0.644. The molecule has 10 heteroatoms. The standard InChI is InChI=1S/C20H20Cl2N2O5S/c21-16-5-4-6-17(22)19(16)20(26)29-13-18(25)23-14-7-9-15(10-8-14)30(27,28)24-11-2-1-3-12-24/h4-10H,1-3,11-13H2,(H,23,25). The molecule has 1 saturated heterocycles. The SMILES string of the molecule is O=C(COC(=O)c1c(Cl)cccc1Cl)Nc1ccc(S(=O)(=O)N2CCCCC2)cc1. The first-order chi connectivity index (χ1) is 14.3. The van der Waals surface area contributed by atoms with Gasteiger partial charge in [-0.15, -0.1) is 0 Å². The zero-order chi connectivity index (χ0) is 21.7. The maximum absolute atomic E-state index is 12.6. The van der Waals surface area contributed by atoms with Crippen molar-refractivity contribution in [2.24, 2.45) is 0 Å². The Labute approximate surface area is 185 Å². The highest BCUT2D eigenvalue weighted by atomic mass is 35.5. The van der Waals surface area contributed by atoms with E-state index in [2.05, 4.69) is 5.32 Å². The van der Waals surface area contributed by atoms with Crippen molar-refractivity contribution in [2.45, 2.75) is 24.2 Å². The highest BCUT2D eigenvalue weighted by Crippen LogP contribution is 2.25. The van der Waals surface area contributed by atoms with Crippen LogP contribution in [0, 0.1) is 0 Å². The number of esters is 1. The second kappa shape index (κ2) is 9.78. The Hall–Kier alpha value is -2.13. The number of nitrogens with one attached hydrogen (secondary N) is 1. The number of amides is 1. The Bertz CT molecular complexity index is 1020. The minimum atomic E-state index is -3.54. The van der Waals surface area contributed by atoms with Crippen LogP contribution in [0.1, 0.15) is 29.6 Å². The summed E-state index contributed by atoms with van der Waals surface area (Å²) in [5.74, 6) is -1.40. The van der Waals surface area contributed by atoms with Crippen LogP contribution in [0.2, 0.25) is 10.0 Å². The smallest absolute Gasteiger partial charge is 0.341 e. The van der Waals surface area contributed by atoms with Crippen molar-refractivity contribution < 1.29 is 22.7 Å². The van der Waals surface area contributed by atoms with Gasteiger partial charge in [-0.2, -0.15) is 4.31 Å². The fourth-order valence-electron chi connectivity index (χ4n) is 3.06. The van der Waals surface area contributed by atoms with Crippen LogP contribution in [0.3, 0.4) is 0 Å². The molecule has 1 N–H and O–H groups in total. The molecule has 0 aliphatic carbocycles. The fourth-order valence-corrected chi connectivity index (χ4v) is 5.13. The van der Waals surface area contributed by atoms with Crippen molar-refractivity contribution in [1.82, 2.24) is 4.31 Å². The molecule has 3 rings (SSSR count). The summed E-state index contributed by atoms with van der Waals surface area (Å²) in [7, 11) is -3.54. The molecule has 2 aromatic rings. The second-order valence-electron chi connectivity index (χ2n) is 6.71. The second-order valence-corrected chi connectivity index (χ2v) is 9.46. The average molecular weight is 471 g/mol. The normalized spacial score (nSPS) is 14.9. The highest BCUT2D eigenvalue weighted by molar-refractivity contribution is 7.89. The first kappa shape index (κ1) is 22.6. The van der Waals surface area contributed by atoms with Gasteiger partial charge in [0, 0.05) is 18.8 Å². The molecule has 0 saturated carbocycles. The van der Waals surface area contributed by atoms with E-state index in [-0.39, 0.29) is 20.5 Å². The van der Waals surface area contributed by atoms with Gasteiger partial charge in [-0.05, 0) is 49.2 Å². The van der Waals surface area contributed by atoms with Crippen molar-refractivity contribution in [1.29, 1.82) is 0 Å². The third-order valence-corrected chi connectivity index (χ3v) is 7.13. The first-order valence-electron chi connectivity index (χ1n) is 9.30. The number of hydrogen-bond acceptors (Lipinski definition) is 5. The van der Waals surface area contributed by atoms with Gasteiger partial charge >= 0.3 is 5.97 Å². The highest BCUT2D eigenvalue weighted by Gasteiger charge is 2.25. The van der Waals surface area contributed by atoms with E-state index in [4.69, 9.17) is 27.9 Å². The minimum Gasteiger partial charge on any atom is -0.452 e. The van der Waals surface area contributed by atoms with Crippen LogP contribution in [0.5, 0.6) is 0 Å². The number of hydrogen-bond donors (Lipinski definition) is 1. The van der Waals surface area contributed by atoms with Crippen LogP contribution in [-0.4, -0.2) is 44.3 Å². The maximum atomic E-state index is 12.6. The van der Waals surface area contributed by atoms with E-state index < -0.39 is 28.5 Å². The topological polar surface area (TPSA) is 92.8 Å². The maximum Gasteiger partial charge on any atom is 0.341 e. The number of benzene rings is 2. The van der Waals surface area contributed by atoms with Crippen LogP contribution >= 0.6 is 23.2 Å². The van der Waals surface area contributed by atoms with Gasteiger partial charge in [0.15, 0.2) is 6.61 Å². The number of nitrogens with zero attached hydrogens (tertiary/aromatic N) is 1. The van der Waals surface area contributed by atoms with Crippen molar-refractivity contribution in [3.63, 3.8) is 0 Å². The summed E-state index contributed by atoms with van der Waals surface area (Å²) in [6.45, 7) is 0.484. The average Bonchev–Trinajstić information content (AvgIpc) is 2.73. The molecule has 30 heavy (non-hydrogen) atoms. The number of anilines is 1. The van der Waals surface area contributed by atoms with E-state index in [0.29, 0.717) is 18.8 Å². The number of piperidine rings is 1. The summed E-state index contributed by atoms with van der Waals surface area (Å²) in [5, 5.41) is 2.79. The Kier molecular flexibility index (Phi) is 7.36. The lowest BCUT2D eigenvalue weighted by Crippen LogP contribution is -2.35. The predicted molar refractivity (Wildman–Crippen MR) is 114 cm³/mol. The number of rotatable bonds is 6. The predicted octanol–water partition coefficient (Wildman–Crippen LogP) is 3.96. The molecular weight excluding hydrogens is 451 g/mol. The molecule has 0 unspecified atom stereocenters. The molecule has 1 aliphatic rings. The Morgan fingerprint density at radius 3 is 2.17 bits per heavy atom. The number of carbonyl (C=O) groups is 2. The van der Waals surface area contributed by atoms with Crippen LogP contribution in [0.25, 0.3) is 0 Å². The van der Waals surface area contributed by atoms with Gasteiger partial charge < -0.3 is 10.1 Å². The van der Waals surface area contributed by atoms with Crippen LogP contribution in [-0.2, 0) is 19.6 Å². The number of halogens is 2. The summed E-state index contributed by atoms with van der Waals surface area (Å²) < 4.78 is 31.7. The lowest BCUT2D eigenvalue weighted by atomic mass is 10.2. The van der Waals surface area contributed by atoms with Gasteiger partial charge in [-0.3, -0.25) is 4.79 Å². The van der Waals surface area contributed by atoms with Gasteiger partial charge in [-0.1, -0.05) is 35.7 Å². The van der Waals surface area contributed by atoms with Gasteiger partial charge in [0.05, 0.1) is 20.5 Å². The zero-order valence-corrected chi connectivity index (χ0v) is 18.3. The molecule has 0 bridgehead atoms. The number of carbonyl (C=O) groups excluding carboxylic acids is 2. The Morgan fingerprint density at radius 1 is 0.967 bits per heavy atom. The summed E-state index contributed by atoms with van der Waals surface area (Å²) in [6, 6.07) is 10.4. The molecule has 160 valence electrons. The van der Waals surface area contributed by atoms with E-state index in [1.165, 1.54) is 40.7 Å². The van der Waals surface area contributed by atoms with Crippen molar-refractivity contribution in [3.8, 4) is 0 Å². The van der Waals surface area contributed by atoms with Crippen LogP contribution in [0.15, 0.2) is 47.4 Å². The van der Waals surface area contributed by atoms with E-state index in [1.807, 2.05) is 0 Å². The Balaban J connectivity index is 1.57. The molecule has 7 nitrogen and oxygen atoms in total. The summed E-state index contributed by atoms with van der Waals surface area (Å²) in [4.78, 5) is 24.3. The Morgan fingerprint density at radius 2 is 1.57 bits per heavy atom. The summed E-state index contributed by atoms with van der Waals surface area (Å²) >= 11 is 11.9. The van der Waals surface area contributed by atoms with Crippen molar-refractivity contribution in [3.05, 3.63) is 58.1 Å². The molecule has 1 aliphatic heterocycles. The molecular formula is C20H20Cl2N2O5S. The number of sulfonamides is 1. The largest absolute Gasteiger partial charge is 0.452 e. The van der Waals surface area contributed by atoms with E-state index in [9.17, 15) is 18.0 Å². The molecule has 0 aromatic heterocycles. The van der Waals surface area contributed by atoms with E-state index >= 15 is 0 Å². The van der Waals surface area contributed by atoms with Gasteiger partial charge in [0.25, 0.3) is 5.91 Å². The van der Waals surface area contributed by atoms with Crippen LogP contribution < -0.4 is 5.32 Å².